The van der Waals surface area contributed by atoms with Gasteiger partial charge in [0.2, 0.25) is 0 Å². The molecule has 6 heteroatoms. The molecule has 0 aliphatic heterocycles. The van der Waals surface area contributed by atoms with E-state index in [9.17, 15) is 0 Å². The highest BCUT2D eigenvalue weighted by molar-refractivity contribution is 7.75. The van der Waals surface area contributed by atoms with Crippen molar-refractivity contribution in [2.45, 2.75) is 20.8 Å². The Hall–Kier alpha value is -1.63. The van der Waals surface area contributed by atoms with Gasteiger partial charge in [0.25, 0.3) is 0 Å². The topological polar surface area (TPSA) is 27.7 Å². The SMILES string of the molecule is CC.Cc1cccc(-c2cc(OS)c3ccccc3c2OS)c1OS. The summed E-state index contributed by atoms with van der Waals surface area (Å²) in [5, 5.41) is 1.76. The summed E-state index contributed by atoms with van der Waals surface area (Å²) in [6, 6.07) is 15.4. The van der Waals surface area contributed by atoms with Crippen molar-refractivity contribution in [1.29, 1.82) is 0 Å². The van der Waals surface area contributed by atoms with E-state index in [4.69, 9.17) is 12.5 Å². The maximum atomic E-state index is 5.39. The Morgan fingerprint density at radius 3 is 1.92 bits per heavy atom. The summed E-state index contributed by atoms with van der Waals surface area (Å²) in [7, 11) is 0. The highest BCUT2D eigenvalue weighted by atomic mass is 32.1. The van der Waals surface area contributed by atoms with E-state index in [2.05, 4.69) is 38.7 Å². The molecule has 3 aromatic carbocycles. The molecule has 3 rings (SSSR count). The second-order valence-electron chi connectivity index (χ2n) is 5.02. The van der Waals surface area contributed by atoms with Gasteiger partial charge in [-0.25, -0.2) is 0 Å². The van der Waals surface area contributed by atoms with E-state index >= 15 is 0 Å². The summed E-state index contributed by atoms with van der Waals surface area (Å²) < 4.78 is 15.9. The number of thiol groups is 3. The first-order valence-corrected chi connectivity index (χ1v) is 8.90. The Bertz CT molecular complexity index is 866. The quantitative estimate of drug-likeness (QED) is 0.349. The summed E-state index contributed by atoms with van der Waals surface area (Å²) in [6.45, 7) is 5.95. The maximum absolute atomic E-state index is 5.39. The van der Waals surface area contributed by atoms with Gasteiger partial charge in [-0.1, -0.05) is 56.3 Å². The van der Waals surface area contributed by atoms with Crippen molar-refractivity contribution in [2.24, 2.45) is 0 Å². The zero-order valence-electron chi connectivity index (χ0n) is 14.2. The summed E-state index contributed by atoms with van der Waals surface area (Å²) in [4.78, 5) is 0. The summed E-state index contributed by atoms with van der Waals surface area (Å²) in [5.41, 5.74) is 2.58. The normalized spacial score (nSPS) is 10.0. The minimum Gasteiger partial charge on any atom is -0.428 e. The van der Waals surface area contributed by atoms with E-state index in [0.29, 0.717) is 17.2 Å². The number of hydrogen-bond donors (Lipinski definition) is 3. The van der Waals surface area contributed by atoms with Gasteiger partial charge in [0, 0.05) is 60.6 Å². The largest absolute Gasteiger partial charge is 0.428 e. The van der Waals surface area contributed by atoms with Crippen LogP contribution in [0.3, 0.4) is 0 Å². The molecule has 0 saturated carbocycles. The molecule has 0 spiro atoms. The molecule has 0 radical (unpaired) electrons. The van der Waals surface area contributed by atoms with E-state index in [0.717, 1.165) is 27.5 Å². The van der Waals surface area contributed by atoms with E-state index in [1.54, 1.807) is 0 Å². The molecule has 0 heterocycles. The van der Waals surface area contributed by atoms with E-state index < -0.39 is 0 Å². The van der Waals surface area contributed by atoms with Gasteiger partial charge >= 0.3 is 0 Å². The molecule has 0 fully saturated rings. The smallest absolute Gasteiger partial charge is 0.153 e. The lowest BCUT2D eigenvalue weighted by molar-refractivity contribution is 0.645. The molecule has 3 aromatic rings. The average molecular weight is 393 g/mol. The van der Waals surface area contributed by atoms with Crippen LogP contribution < -0.4 is 12.5 Å². The van der Waals surface area contributed by atoms with Crippen LogP contribution in [-0.4, -0.2) is 0 Å². The van der Waals surface area contributed by atoms with Crippen LogP contribution >= 0.6 is 38.7 Å². The molecule has 0 aliphatic rings. The Kier molecular flexibility index (Phi) is 7.23. The first-order chi connectivity index (χ1) is 12.2. The third-order valence-electron chi connectivity index (χ3n) is 3.74. The fraction of sp³-hybridized carbons (Fsp3) is 0.158. The van der Waals surface area contributed by atoms with Crippen LogP contribution in [-0.2, 0) is 0 Å². The van der Waals surface area contributed by atoms with Crippen LogP contribution in [0.1, 0.15) is 19.4 Å². The van der Waals surface area contributed by atoms with Crippen molar-refractivity contribution in [3.63, 3.8) is 0 Å². The molecule has 3 nitrogen and oxygen atoms in total. The minimum absolute atomic E-state index is 0.621. The van der Waals surface area contributed by atoms with Gasteiger partial charge in [0.05, 0.1) is 0 Å². The molecule has 0 amide bonds. The van der Waals surface area contributed by atoms with Crippen LogP contribution in [0, 0.1) is 6.92 Å². The number of fused-ring (bicyclic) bond motifs is 1. The molecule has 0 atom stereocenters. The molecular formula is C19H20O3S3. The molecule has 0 saturated heterocycles. The predicted octanol–water partition coefficient (Wildman–Crippen LogP) is 6.51. The van der Waals surface area contributed by atoms with Crippen LogP contribution in [0.25, 0.3) is 21.9 Å². The fourth-order valence-corrected chi connectivity index (χ4v) is 3.27. The van der Waals surface area contributed by atoms with Crippen molar-refractivity contribution in [3.05, 3.63) is 54.1 Å². The molecule has 0 N–H and O–H groups in total. The van der Waals surface area contributed by atoms with Gasteiger partial charge in [-0.05, 0) is 18.6 Å². The first kappa shape index (κ1) is 19.7. The third kappa shape index (κ3) is 3.81. The second kappa shape index (κ2) is 9.17. The average Bonchev–Trinajstić information content (AvgIpc) is 2.68. The van der Waals surface area contributed by atoms with Crippen molar-refractivity contribution >= 4 is 49.5 Å². The van der Waals surface area contributed by atoms with Gasteiger partial charge in [0.1, 0.15) is 11.5 Å². The van der Waals surface area contributed by atoms with Crippen LogP contribution in [0.4, 0.5) is 0 Å². The third-order valence-corrected chi connectivity index (χ3v) is 4.30. The lowest BCUT2D eigenvalue weighted by Crippen LogP contribution is -1.92. The standard InChI is InChI=1S/C17H14O3S3.C2H6/c1-10-5-4-8-13(16(10)19-22)14-9-15(18-21)11-6-2-3-7-12(11)17(14)20-23;1-2/h2-9,21-23H,1H3;1-2H3. The van der Waals surface area contributed by atoms with Gasteiger partial charge in [-0.2, -0.15) is 0 Å². The molecule has 0 aromatic heterocycles. The van der Waals surface area contributed by atoms with E-state index in [-0.39, 0.29) is 0 Å². The molecule has 0 unspecified atom stereocenters. The molecule has 25 heavy (non-hydrogen) atoms. The van der Waals surface area contributed by atoms with Crippen LogP contribution in [0.2, 0.25) is 0 Å². The molecular weight excluding hydrogens is 372 g/mol. The zero-order chi connectivity index (χ0) is 18.4. The monoisotopic (exact) mass is 392 g/mol. The van der Waals surface area contributed by atoms with Crippen molar-refractivity contribution in [3.8, 4) is 28.4 Å². The lowest BCUT2D eigenvalue weighted by atomic mass is 9.97. The van der Waals surface area contributed by atoms with Crippen molar-refractivity contribution in [1.82, 2.24) is 0 Å². The summed E-state index contributed by atoms with van der Waals surface area (Å²) in [6.07, 6.45) is 0. The Labute approximate surface area is 165 Å². The highest BCUT2D eigenvalue weighted by Gasteiger charge is 2.19. The maximum Gasteiger partial charge on any atom is 0.153 e. The zero-order valence-corrected chi connectivity index (χ0v) is 16.9. The van der Waals surface area contributed by atoms with Gasteiger partial charge < -0.3 is 12.5 Å². The summed E-state index contributed by atoms with van der Waals surface area (Å²) >= 11 is 12.0. The Balaban J connectivity index is 0.00000109. The van der Waals surface area contributed by atoms with Crippen LogP contribution in [0.15, 0.2) is 48.5 Å². The van der Waals surface area contributed by atoms with Gasteiger partial charge in [0.15, 0.2) is 5.75 Å². The highest BCUT2D eigenvalue weighted by Crippen LogP contribution is 2.46. The first-order valence-electron chi connectivity index (χ1n) is 7.81. The summed E-state index contributed by atoms with van der Waals surface area (Å²) in [5.74, 6) is 1.90. The lowest BCUT2D eigenvalue weighted by Gasteiger charge is -2.16. The predicted molar refractivity (Wildman–Crippen MR) is 114 cm³/mol. The number of benzene rings is 3. The molecule has 0 aliphatic carbocycles. The fourth-order valence-electron chi connectivity index (χ4n) is 2.68. The molecule has 132 valence electrons. The Morgan fingerprint density at radius 1 is 0.680 bits per heavy atom. The Morgan fingerprint density at radius 2 is 1.32 bits per heavy atom. The van der Waals surface area contributed by atoms with E-state index in [1.165, 1.54) is 0 Å². The second-order valence-corrected chi connectivity index (χ2v) is 5.57. The van der Waals surface area contributed by atoms with Crippen molar-refractivity contribution < 1.29 is 12.5 Å². The van der Waals surface area contributed by atoms with Gasteiger partial charge in [-0.15, -0.1) is 0 Å². The number of aryl methyl sites for hydroxylation is 1. The number of rotatable bonds is 4. The van der Waals surface area contributed by atoms with Crippen LogP contribution in [0.5, 0.6) is 17.2 Å². The van der Waals surface area contributed by atoms with E-state index in [1.807, 2.05) is 69.3 Å². The van der Waals surface area contributed by atoms with Crippen molar-refractivity contribution in [2.75, 3.05) is 0 Å². The number of hydrogen-bond acceptors (Lipinski definition) is 6. The number of para-hydroxylation sites is 1. The minimum atomic E-state index is 0.621. The molecule has 0 bridgehead atoms. The van der Waals surface area contributed by atoms with Gasteiger partial charge in [-0.3, -0.25) is 0 Å².